The van der Waals surface area contributed by atoms with Crippen LogP contribution >= 0.6 is 0 Å². The van der Waals surface area contributed by atoms with Crippen molar-refractivity contribution in [2.45, 2.75) is 26.2 Å². The summed E-state index contributed by atoms with van der Waals surface area (Å²) >= 11 is 0. The number of nitrogens with zero attached hydrogens (tertiary/aromatic N) is 1. The number of carboxylic acid groups (broad SMARTS) is 1. The molecule has 1 saturated carbocycles. The van der Waals surface area contributed by atoms with E-state index in [1.165, 1.54) is 0 Å². The zero-order valence-electron chi connectivity index (χ0n) is 11.5. The number of phenols is 1. The summed E-state index contributed by atoms with van der Waals surface area (Å²) in [5.41, 5.74) is 0.649. The number of carbonyl (C=O) groups excluding carboxylic acids is 1. The molecule has 1 fully saturated rings. The lowest BCUT2D eigenvalue weighted by Crippen LogP contribution is -2.35. The predicted octanol–water partition coefficient (Wildman–Crippen LogP) is 2.25. The van der Waals surface area contributed by atoms with E-state index in [2.05, 4.69) is 0 Å². The Morgan fingerprint density at radius 2 is 2.00 bits per heavy atom. The van der Waals surface area contributed by atoms with E-state index in [1.807, 2.05) is 6.92 Å². The number of benzene rings is 1. The van der Waals surface area contributed by atoms with Gasteiger partial charge < -0.3 is 15.1 Å². The Balaban J connectivity index is 2.12. The minimum atomic E-state index is -0.819. The van der Waals surface area contributed by atoms with Gasteiger partial charge in [-0.15, -0.1) is 0 Å². The molecule has 0 radical (unpaired) electrons. The van der Waals surface area contributed by atoms with Crippen molar-refractivity contribution in [1.82, 2.24) is 0 Å². The first kappa shape index (κ1) is 14.4. The van der Waals surface area contributed by atoms with Crippen molar-refractivity contribution in [1.29, 1.82) is 0 Å². The fourth-order valence-electron chi connectivity index (χ4n) is 2.78. The van der Waals surface area contributed by atoms with Crippen LogP contribution in [0.15, 0.2) is 24.3 Å². The van der Waals surface area contributed by atoms with E-state index in [1.54, 1.807) is 29.2 Å². The molecule has 108 valence electrons. The van der Waals surface area contributed by atoms with Crippen molar-refractivity contribution < 1.29 is 19.8 Å². The molecule has 2 atom stereocenters. The van der Waals surface area contributed by atoms with Gasteiger partial charge in [0.2, 0.25) is 5.91 Å². The number of amides is 1. The molecule has 0 bridgehead atoms. The van der Waals surface area contributed by atoms with Crippen molar-refractivity contribution in [3.05, 3.63) is 24.3 Å². The van der Waals surface area contributed by atoms with Crippen LogP contribution in [0.2, 0.25) is 0 Å². The molecule has 2 unspecified atom stereocenters. The molecule has 1 aliphatic carbocycles. The molecule has 5 heteroatoms. The molecule has 0 spiro atoms. The highest BCUT2D eigenvalue weighted by Crippen LogP contribution is 2.33. The Bertz CT molecular complexity index is 514. The molecular formula is C15H19NO4. The normalized spacial score (nSPS) is 21.6. The summed E-state index contributed by atoms with van der Waals surface area (Å²) in [6, 6.07) is 6.56. The maximum atomic E-state index is 12.5. The first-order valence-corrected chi connectivity index (χ1v) is 6.86. The Hall–Kier alpha value is -2.04. The Kier molecular flexibility index (Phi) is 4.27. The number of aromatic hydroxyl groups is 1. The molecule has 1 aliphatic rings. The van der Waals surface area contributed by atoms with E-state index in [4.69, 9.17) is 5.11 Å². The first-order valence-electron chi connectivity index (χ1n) is 6.86. The third kappa shape index (κ3) is 2.92. The molecule has 2 rings (SSSR count). The molecule has 1 aromatic rings. The summed E-state index contributed by atoms with van der Waals surface area (Å²) in [6.45, 7) is 2.36. The molecule has 1 amide bonds. The molecule has 5 nitrogen and oxygen atoms in total. The van der Waals surface area contributed by atoms with Crippen LogP contribution in [-0.4, -0.2) is 28.6 Å². The summed E-state index contributed by atoms with van der Waals surface area (Å²) in [6.07, 6.45) is 1.58. The second-order valence-corrected chi connectivity index (χ2v) is 5.15. The third-order valence-electron chi connectivity index (χ3n) is 3.85. The van der Waals surface area contributed by atoms with Crippen LogP contribution in [0.1, 0.15) is 26.2 Å². The van der Waals surface area contributed by atoms with Gasteiger partial charge in [-0.05, 0) is 38.3 Å². The number of carboxylic acids is 1. The fraction of sp³-hybridized carbons (Fsp3) is 0.467. The van der Waals surface area contributed by atoms with Gasteiger partial charge in [0.15, 0.2) is 0 Å². The molecule has 0 aromatic heterocycles. The Labute approximate surface area is 117 Å². The van der Waals surface area contributed by atoms with E-state index < -0.39 is 11.9 Å². The molecule has 2 N–H and O–H groups in total. The highest BCUT2D eigenvalue weighted by molar-refractivity contribution is 5.95. The van der Waals surface area contributed by atoms with Crippen molar-refractivity contribution in [2.24, 2.45) is 11.8 Å². The van der Waals surface area contributed by atoms with E-state index in [9.17, 15) is 14.7 Å². The van der Waals surface area contributed by atoms with E-state index in [-0.39, 0.29) is 17.6 Å². The minimum Gasteiger partial charge on any atom is -0.508 e. The molecule has 1 aromatic carbocycles. The predicted molar refractivity (Wildman–Crippen MR) is 74.6 cm³/mol. The van der Waals surface area contributed by atoms with Gasteiger partial charge in [0, 0.05) is 24.2 Å². The number of hydrogen-bond donors (Lipinski definition) is 2. The standard InChI is InChI=1S/C15H19NO4/c1-2-16(12-4-3-5-13(17)9-12)14(18)10-6-7-11(8-10)15(19)20/h3-5,9-11,17H,2,6-8H2,1H3,(H,19,20). The summed E-state index contributed by atoms with van der Waals surface area (Å²) in [4.78, 5) is 25.1. The zero-order chi connectivity index (χ0) is 14.7. The van der Waals surface area contributed by atoms with Crippen LogP contribution in [0.5, 0.6) is 5.75 Å². The average molecular weight is 277 g/mol. The summed E-state index contributed by atoms with van der Waals surface area (Å²) in [7, 11) is 0. The van der Waals surface area contributed by atoms with Crippen molar-refractivity contribution in [3.8, 4) is 5.75 Å². The van der Waals surface area contributed by atoms with Gasteiger partial charge in [-0.25, -0.2) is 0 Å². The van der Waals surface area contributed by atoms with Gasteiger partial charge in [0.05, 0.1) is 5.92 Å². The van der Waals surface area contributed by atoms with Crippen LogP contribution in [0.3, 0.4) is 0 Å². The van der Waals surface area contributed by atoms with Crippen molar-refractivity contribution in [2.75, 3.05) is 11.4 Å². The number of phenolic OH excluding ortho intramolecular Hbond substituents is 1. The van der Waals surface area contributed by atoms with Crippen LogP contribution < -0.4 is 4.90 Å². The lowest BCUT2D eigenvalue weighted by molar-refractivity contribution is -0.141. The lowest BCUT2D eigenvalue weighted by Gasteiger charge is -2.24. The minimum absolute atomic E-state index is 0.0538. The number of aliphatic carboxylic acids is 1. The second-order valence-electron chi connectivity index (χ2n) is 5.15. The molecule has 0 heterocycles. The number of anilines is 1. The Morgan fingerprint density at radius 1 is 1.30 bits per heavy atom. The zero-order valence-corrected chi connectivity index (χ0v) is 11.5. The Morgan fingerprint density at radius 3 is 2.55 bits per heavy atom. The first-order chi connectivity index (χ1) is 9.52. The van der Waals surface area contributed by atoms with Gasteiger partial charge in [-0.1, -0.05) is 6.07 Å². The van der Waals surface area contributed by atoms with Gasteiger partial charge in [0.25, 0.3) is 0 Å². The van der Waals surface area contributed by atoms with Crippen molar-refractivity contribution >= 4 is 17.6 Å². The molecule has 0 aliphatic heterocycles. The fourth-order valence-corrected chi connectivity index (χ4v) is 2.78. The topological polar surface area (TPSA) is 77.8 Å². The van der Waals surface area contributed by atoms with Crippen molar-refractivity contribution in [3.63, 3.8) is 0 Å². The summed E-state index contributed by atoms with van der Waals surface area (Å²) in [5, 5.41) is 18.5. The monoisotopic (exact) mass is 277 g/mol. The van der Waals surface area contributed by atoms with Crippen LogP contribution in [0.4, 0.5) is 5.69 Å². The largest absolute Gasteiger partial charge is 0.508 e. The van der Waals surface area contributed by atoms with Crippen LogP contribution in [0.25, 0.3) is 0 Å². The SMILES string of the molecule is CCN(C(=O)C1CCC(C(=O)O)C1)c1cccc(O)c1. The summed E-state index contributed by atoms with van der Waals surface area (Å²) in [5.74, 6) is -1.41. The molecule has 0 saturated heterocycles. The molecule has 20 heavy (non-hydrogen) atoms. The highest BCUT2D eigenvalue weighted by atomic mass is 16.4. The van der Waals surface area contributed by atoms with Gasteiger partial charge in [-0.2, -0.15) is 0 Å². The van der Waals surface area contributed by atoms with Gasteiger partial charge >= 0.3 is 5.97 Å². The van der Waals surface area contributed by atoms with E-state index >= 15 is 0 Å². The third-order valence-corrected chi connectivity index (χ3v) is 3.85. The number of rotatable bonds is 4. The maximum absolute atomic E-state index is 12.5. The summed E-state index contributed by atoms with van der Waals surface area (Å²) < 4.78 is 0. The number of hydrogen-bond acceptors (Lipinski definition) is 3. The smallest absolute Gasteiger partial charge is 0.306 e. The van der Waals surface area contributed by atoms with Crippen LogP contribution in [0, 0.1) is 11.8 Å². The average Bonchev–Trinajstić information content (AvgIpc) is 2.89. The van der Waals surface area contributed by atoms with E-state index in [0.717, 1.165) is 0 Å². The number of carbonyl (C=O) groups is 2. The van der Waals surface area contributed by atoms with E-state index in [0.29, 0.717) is 31.5 Å². The maximum Gasteiger partial charge on any atom is 0.306 e. The lowest BCUT2D eigenvalue weighted by atomic mass is 10.0. The van der Waals surface area contributed by atoms with Gasteiger partial charge in [-0.3, -0.25) is 9.59 Å². The highest BCUT2D eigenvalue weighted by Gasteiger charge is 2.35. The quantitative estimate of drug-likeness (QED) is 0.884. The van der Waals surface area contributed by atoms with Crippen LogP contribution in [-0.2, 0) is 9.59 Å². The molecular weight excluding hydrogens is 258 g/mol. The second kappa shape index (κ2) is 5.94. The van der Waals surface area contributed by atoms with Gasteiger partial charge in [0.1, 0.15) is 5.75 Å².